The maximum atomic E-state index is 12.1. The van der Waals surface area contributed by atoms with Crippen LogP contribution in [0.4, 0.5) is 10.5 Å². The van der Waals surface area contributed by atoms with Crippen LogP contribution in [0.25, 0.3) is 0 Å². The number of urea groups is 1. The molecule has 0 bridgehead atoms. The van der Waals surface area contributed by atoms with Gasteiger partial charge in [0.05, 0.1) is 15.7 Å². The molecule has 7 heteroatoms. The summed E-state index contributed by atoms with van der Waals surface area (Å²) in [5.41, 5.74) is 0.412. The summed E-state index contributed by atoms with van der Waals surface area (Å²) in [7, 11) is 0. The number of hydrogen-bond donors (Lipinski definition) is 1. The van der Waals surface area contributed by atoms with Crippen molar-refractivity contribution in [3.8, 4) is 0 Å². The maximum absolute atomic E-state index is 12.1. The third-order valence-electron chi connectivity index (χ3n) is 3.21. The Hall–Kier alpha value is -1.46. The quantitative estimate of drug-likeness (QED) is 0.866. The molecule has 0 aliphatic carbocycles. The summed E-state index contributed by atoms with van der Waals surface area (Å²) >= 11 is 12.0. The van der Waals surface area contributed by atoms with Crippen molar-refractivity contribution in [1.82, 2.24) is 9.80 Å². The normalized spacial score (nSPS) is 15.2. The third kappa shape index (κ3) is 3.35. The number of halogens is 2. The van der Waals surface area contributed by atoms with Crippen LogP contribution < -0.4 is 5.32 Å². The van der Waals surface area contributed by atoms with Gasteiger partial charge < -0.3 is 15.1 Å². The average molecular weight is 316 g/mol. The fourth-order valence-corrected chi connectivity index (χ4v) is 2.52. The second kappa shape index (κ2) is 6.33. The molecule has 0 spiro atoms. The predicted molar refractivity (Wildman–Crippen MR) is 79.3 cm³/mol. The van der Waals surface area contributed by atoms with Gasteiger partial charge in [-0.15, -0.1) is 0 Å². The van der Waals surface area contributed by atoms with Gasteiger partial charge in [0.2, 0.25) is 5.91 Å². The minimum absolute atomic E-state index is 0.0270. The van der Waals surface area contributed by atoms with E-state index < -0.39 is 0 Å². The number of nitrogens with one attached hydrogen (secondary N) is 1. The van der Waals surface area contributed by atoms with Crippen LogP contribution in [-0.4, -0.2) is 47.9 Å². The molecule has 20 heavy (non-hydrogen) atoms. The topological polar surface area (TPSA) is 52.7 Å². The van der Waals surface area contributed by atoms with E-state index in [-0.39, 0.29) is 11.9 Å². The number of nitrogens with zero attached hydrogens (tertiary/aromatic N) is 2. The number of para-hydroxylation sites is 1. The number of carbonyl (C=O) groups excluding carboxylic acids is 2. The second-order valence-corrected chi connectivity index (χ2v) is 5.33. The summed E-state index contributed by atoms with van der Waals surface area (Å²) in [6.45, 7) is 3.60. The highest BCUT2D eigenvalue weighted by Gasteiger charge is 2.23. The smallest absolute Gasteiger partial charge is 0.322 e. The summed E-state index contributed by atoms with van der Waals surface area (Å²) in [6.07, 6.45) is 0. The molecule has 1 aromatic carbocycles. The van der Waals surface area contributed by atoms with Crippen molar-refractivity contribution >= 4 is 40.8 Å². The molecule has 1 heterocycles. The summed E-state index contributed by atoms with van der Waals surface area (Å²) in [5.74, 6) is 0.0270. The molecule has 0 radical (unpaired) electrons. The van der Waals surface area contributed by atoms with Crippen molar-refractivity contribution in [1.29, 1.82) is 0 Å². The Kier molecular flexibility index (Phi) is 4.73. The van der Waals surface area contributed by atoms with Crippen LogP contribution in [-0.2, 0) is 4.79 Å². The maximum Gasteiger partial charge on any atom is 0.322 e. The Bertz CT molecular complexity index is 508. The molecule has 5 nitrogen and oxygen atoms in total. The van der Waals surface area contributed by atoms with Gasteiger partial charge in [-0.25, -0.2) is 4.79 Å². The first-order chi connectivity index (χ1) is 9.49. The Morgan fingerprint density at radius 1 is 1.05 bits per heavy atom. The summed E-state index contributed by atoms with van der Waals surface area (Å²) in [4.78, 5) is 26.7. The lowest BCUT2D eigenvalue weighted by atomic mass is 10.3. The van der Waals surface area contributed by atoms with Gasteiger partial charge >= 0.3 is 6.03 Å². The standard InChI is InChI=1S/C13H15Cl2N3O2/c1-9(19)17-5-7-18(8-6-17)13(20)16-12-10(14)3-2-4-11(12)15/h2-4H,5-8H2,1H3,(H,16,20). The molecule has 0 unspecified atom stereocenters. The fraction of sp³-hybridized carbons (Fsp3) is 0.385. The first-order valence-corrected chi connectivity index (χ1v) is 7.00. The highest BCUT2D eigenvalue weighted by atomic mass is 35.5. The van der Waals surface area contributed by atoms with Crippen LogP contribution in [0.1, 0.15) is 6.92 Å². The van der Waals surface area contributed by atoms with Crippen LogP contribution in [0.5, 0.6) is 0 Å². The molecular formula is C13H15Cl2N3O2. The SMILES string of the molecule is CC(=O)N1CCN(C(=O)Nc2c(Cl)cccc2Cl)CC1. The first-order valence-electron chi connectivity index (χ1n) is 6.24. The lowest BCUT2D eigenvalue weighted by molar-refractivity contribution is -0.130. The molecule has 1 aliphatic heterocycles. The van der Waals surface area contributed by atoms with Crippen LogP contribution in [0, 0.1) is 0 Å². The lowest BCUT2D eigenvalue weighted by Gasteiger charge is -2.34. The zero-order valence-electron chi connectivity index (χ0n) is 11.0. The molecule has 0 aromatic heterocycles. The molecule has 1 fully saturated rings. The van der Waals surface area contributed by atoms with Gasteiger partial charge in [0.15, 0.2) is 0 Å². The average Bonchev–Trinajstić information content (AvgIpc) is 2.43. The number of anilines is 1. The molecule has 108 valence electrons. The van der Waals surface area contributed by atoms with Gasteiger partial charge in [-0.3, -0.25) is 4.79 Å². The number of carbonyl (C=O) groups is 2. The van der Waals surface area contributed by atoms with E-state index in [1.165, 1.54) is 6.92 Å². The second-order valence-electron chi connectivity index (χ2n) is 4.52. The van der Waals surface area contributed by atoms with Crippen LogP contribution in [0.2, 0.25) is 10.0 Å². The molecule has 3 amide bonds. The van der Waals surface area contributed by atoms with E-state index in [9.17, 15) is 9.59 Å². The molecule has 1 aromatic rings. The van der Waals surface area contributed by atoms with E-state index in [0.29, 0.717) is 41.9 Å². The van der Waals surface area contributed by atoms with E-state index in [1.807, 2.05) is 0 Å². The van der Waals surface area contributed by atoms with Crippen molar-refractivity contribution in [3.05, 3.63) is 28.2 Å². The summed E-state index contributed by atoms with van der Waals surface area (Å²) in [5, 5.41) is 3.50. The molecule has 0 atom stereocenters. The van der Waals surface area contributed by atoms with Crippen LogP contribution >= 0.6 is 23.2 Å². The lowest BCUT2D eigenvalue weighted by Crippen LogP contribution is -2.51. The number of benzene rings is 1. The molecule has 1 saturated heterocycles. The van der Waals surface area contributed by atoms with E-state index in [4.69, 9.17) is 23.2 Å². The van der Waals surface area contributed by atoms with Crippen LogP contribution in [0.15, 0.2) is 18.2 Å². The molecule has 2 rings (SSSR count). The highest BCUT2D eigenvalue weighted by molar-refractivity contribution is 6.39. The number of amides is 3. The number of rotatable bonds is 1. The van der Waals surface area contributed by atoms with Gasteiger partial charge in [0.25, 0.3) is 0 Å². The monoisotopic (exact) mass is 315 g/mol. The fourth-order valence-electron chi connectivity index (χ4n) is 2.03. The van der Waals surface area contributed by atoms with Crippen molar-refractivity contribution in [2.75, 3.05) is 31.5 Å². The van der Waals surface area contributed by atoms with E-state index in [2.05, 4.69) is 5.32 Å². The molecule has 1 aliphatic rings. The summed E-state index contributed by atoms with van der Waals surface area (Å²) in [6, 6.07) is 4.78. The Morgan fingerprint density at radius 3 is 2.05 bits per heavy atom. The van der Waals surface area contributed by atoms with E-state index in [0.717, 1.165) is 0 Å². The van der Waals surface area contributed by atoms with E-state index in [1.54, 1.807) is 28.0 Å². The van der Waals surface area contributed by atoms with Crippen molar-refractivity contribution in [2.24, 2.45) is 0 Å². The third-order valence-corrected chi connectivity index (χ3v) is 3.84. The van der Waals surface area contributed by atoms with Crippen molar-refractivity contribution < 1.29 is 9.59 Å². The Morgan fingerprint density at radius 2 is 1.55 bits per heavy atom. The van der Waals surface area contributed by atoms with Gasteiger partial charge in [0, 0.05) is 33.1 Å². The van der Waals surface area contributed by atoms with Gasteiger partial charge in [-0.05, 0) is 12.1 Å². The summed E-state index contributed by atoms with van der Waals surface area (Å²) < 4.78 is 0. The van der Waals surface area contributed by atoms with Gasteiger partial charge in [-0.2, -0.15) is 0 Å². The largest absolute Gasteiger partial charge is 0.339 e. The van der Waals surface area contributed by atoms with Crippen molar-refractivity contribution in [3.63, 3.8) is 0 Å². The number of piperazine rings is 1. The van der Waals surface area contributed by atoms with Gasteiger partial charge in [-0.1, -0.05) is 29.3 Å². The molecule has 0 saturated carbocycles. The zero-order chi connectivity index (χ0) is 14.7. The van der Waals surface area contributed by atoms with Crippen molar-refractivity contribution in [2.45, 2.75) is 6.92 Å². The highest BCUT2D eigenvalue weighted by Crippen LogP contribution is 2.30. The molecule has 1 N–H and O–H groups in total. The predicted octanol–water partition coefficient (Wildman–Crippen LogP) is 2.69. The number of hydrogen-bond acceptors (Lipinski definition) is 2. The van der Waals surface area contributed by atoms with Gasteiger partial charge in [0.1, 0.15) is 0 Å². The van der Waals surface area contributed by atoms with E-state index >= 15 is 0 Å². The minimum atomic E-state index is -0.261. The minimum Gasteiger partial charge on any atom is -0.339 e. The Labute approximate surface area is 127 Å². The first kappa shape index (κ1) is 14.9. The van der Waals surface area contributed by atoms with Crippen LogP contribution in [0.3, 0.4) is 0 Å². The zero-order valence-corrected chi connectivity index (χ0v) is 12.5. The Balaban J connectivity index is 1.98. The molecular weight excluding hydrogens is 301 g/mol.